The highest BCUT2D eigenvalue weighted by Gasteiger charge is 2.40. The quantitative estimate of drug-likeness (QED) is 0.108. The lowest BCUT2D eigenvalue weighted by Gasteiger charge is -2.33. The van der Waals surface area contributed by atoms with E-state index in [1.807, 2.05) is 18.2 Å². The lowest BCUT2D eigenvalue weighted by molar-refractivity contribution is 0.465. The van der Waals surface area contributed by atoms with E-state index in [1.54, 1.807) is 0 Å². The molecule has 2 nitrogen and oxygen atoms in total. The highest BCUT2D eigenvalue weighted by Crippen LogP contribution is 2.49. The zero-order chi connectivity index (χ0) is 33.5. The van der Waals surface area contributed by atoms with Gasteiger partial charge >= 0.3 is 0 Å². The van der Waals surface area contributed by atoms with Crippen LogP contribution in [0, 0.1) is 0 Å². The van der Waals surface area contributed by atoms with Gasteiger partial charge in [0, 0.05) is 11.0 Å². The van der Waals surface area contributed by atoms with Crippen molar-refractivity contribution in [3.63, 3.8) is 0 Å². The largest absolute Gasteiger partial charge is 0.458 e. The monoisotopic (exact) mass is 648 g/mol. The lowest BCUT2D eigenvalue weighted by Crippen LogP contribution is -2.57. The molecule has 9 aromatic rings. The molecule has 0 saturated carbocycles. The van der Waals surface area contributed by atoms with Gasteiger partial charge in [-0.25, -0.2) is 0 Å². The van der Waals surface area contributed by atoms with Crippen molar-refractivity contribution in [2.75, 3.05) is 0 Å². The number of ether oxygens (including phenoxy) is 2. The number of fused-ring (bicyclic) bond motifs is 8. The van der Waals surface area contributed by atoms with E-state index in [1.165, 1.54) is 54.6 Å². The number of para-hydroxylation sites is 2. The van der Waals surface area contributed by atoms with Gasteiger partial charge in [0.25, 0.3) is 6.71 Å². The summed E-state index contributed by atoms with van der Waals surface area (Å²) in [6.07, 6.45) is 0. The van der Waals surface area contributed by atoms with Crippen molar-refractivity contribution in [2.45, 2.75) is 0 Å². The summed E-state index contributed by atoms with van der Waals surface area (Å²) in [4.78, 5) is 0. The molecule has 0 aromatic heterocycles. The van der Waals surface area contributed by atoms with Gasteiger partial charge in [0.2, 0.25) is 0 Å². The molecule has 3 heteroatoms. The van der Waals surface area contributed by atoms with Gasteiger partial charge in [0.05, 0.1) is 0 Å². The summed E-state index contributed by atoms with van der Waals surface area (Å²) in [5.41, 5.74) is 10.5. The molecule has 9 aromatic carbocycles. The fourth-order valence-corrected chi connectivity index (χ4v) is 8.69. The van der Waals surface area contributed by atoms with Crippen LogP contribution in [0.4, 0.5) is 0 Å². The molecule has 0 amide bonds. The third-order valence-corrected chi connectivity index (χ3v) is 10.8. The Kier molecular flexibility index (Phi) is 6.08. The molecular formula is C48H29BO2. The maximum atomic E-state index is 6.95. The van der Waals surface area contributed by atoms with E-state index in [9.17, 15) is 0 Å². The van der Waals surface area contributed by atoms with E-state index in [2.05, 4.69) is 158 Å². The van der Waals surface area contributed by atoms with Crippen LogP contribution in [0.5, 0.6) is 23.0 Å². The van der Waals surface area contributed by atoms with Gasteiger partial charge in [0.15, 0.2) is 0 Å². The Morgan fingerprint density at radius 2 is 0.961 bits per heavy atom. The average molecular weight is 649 g/mol. The summed E-state index contributed by atoms with van der Waals surface area (Å²) in [7, 11) is 0. The van der Waals surface area contributed by atoms with Gasteiger partial charge in [0.1, 0.15) is 23.0 Å². The maximum absolute atomic E-state index is 6.95. The topological polar surface area (TPSA) is 18.5 Å². The van der Waals surface area contributed by atoms with Gasteiger partial charge < -0.3 is 9.47 Å². The molecule has 0 unspecified atom stereocenters. The first-order valence-corrected chi connectivity index (χ1v) is 17.6. The zero-order valence-corrected chi connectivity index (χ0v) is 27.6. The average Bonchev–Trinajstić information content (AvgIpc) is 3.20. The summed E-state index contributed by atoms with van der Waals surface area (Å²) in [5, 5.41) is 7.46. The molecular weight excluding hydrogens is 619 g/mol. The number of rotatable bonds is 3. The molecule has 0 aliphatic carbocycles. The van der Waals surface area contributed by atoms with E-state index in [-0.39, 0.29) is 6.71 Å². The Balaban J connectivity index is 1.22. The van der Waals surface area contributed by atoms with Crippen molar-refractivity contribution in [2.24, 2.45) is 0 Å². The fraction of sp³-hybridized carbons (Fsp3) is 0. The van der Waals surface area contributed by atoms with Crippen LogP contribution in [-0.4, -0.2) is 6.71 Å². The minimum atomic E-state index is 0.00944. The van der Waals surface area contributed by atoms with Crippen molar-refractivity contribution in [3.8, 4) is 56.4 Å². The second-order valence-electron chi connectivity index (χ2n) is 13.5. The Hall–Kier alpha value is -6.58. The number of hydrogen-bond donors (Lipinski definition) is 0. The molecule has 0 saturated heterocycles. The summed E-state index contributed by atoms with van der Waals surface area (Å²) in [6, 6.07) is 63.2. The van der Waals surface area contributed by atoms with E-state index in [0.29, 0.717) is 0 Å². The first-order valence-electron chi connectivity index (χ1n) is 17.6. The molecule has 0 bridgehead atoms. The summed E-state index contributed by atoms with van der Waals surface area (Å²) in [5.74, 6) is 3.50. The molecule has 2 heterocycles. The van der Waals surface area contributed by atoms with Gasteiger partial charge in [-0.3, -0.25) is 0 Å². The van der Waals surface area contributed by atoms with Crippen LogP contribution >= 0.6 is 0 Å². The minimum absolute atomic E-state index is 0.00944. The summed E-state index contributed by atoms with van der Waals surface area (Å²) >= 11 is 0. The maximum Gasteiger partial charge on any atom is 0.260 e. The highest BCUT2D eigenvalue weighted by atomic mass is 16.5. The molecule has 51 heavy (non-hydrogen) atoms. The predicted octanol–water partition coefficient (Wildman–Crippen LogP) is 10.9. The highest BCUT2D eigenvalue weighted by molar-refractivity contribution is 6.98. The van der Waals surface area contributed by atoms with Crippen LogP contribution in [0.2, 0.25) is 0 Å². The van der Waals surface area contributed by atoms with Crippen LogP contribution < -0.4 is 25.9 Å². The third-order valence-electron chi connectivity index (χ3n) is 10.8. The molecule has 0 atom stereocenters. The van der Waals surface area contributed by atoms with Crippen LogP contribution in [0.15, 0.2) is 176 Å². The van der Waals surface area contributed by atoms with Crippen molar-refractivity contribution in [1.82, 2.24) is 0 Å². The number of hydrogen-bond acceptors (Lipinski definition) is 2. The van der Waals surface area contributed by atoms with Crippen LogP contribution in [-0.2, 0) is 0 Å². The second-order valence-corrected chi connectivity index (χ2v) is 13.5. The lowest BCUT2D eigenvalue weighted by atomic mass is 9.34. The van der Waals surface area contributed by atoms with E-state index >= 15 is 0 Å². The Morgan fingerprint density at radius 1 is 0.353 bits per heavy atom. The van der Waals surface area contributed by atoms with Gasteiger partial charge in [-0.05, 0) is 89.3 Å². The van der Waals surface area contributed by atoms with Crippen LogP contribution in [0.25, 0.3) is 65.7 Å². The fourth-order valence-electron chi connectivity index (χ4n) is 8.69. The molecule has 236 valence electrons. The van der Waals surface area contributed by atoms with Gasteiger partial charge in [-0.15, -0.1) is 0 Å². The van der Waals surface area contributed by atoms with Crippen LogP contribution in [0.3, 0.4) is 0 Å². The van der Waals surface area contributed by atoms with Crippen molar-refractivity contribution >= 4 is 55.4 Å². The second kappa shape index (κ2) is 11.0. The first kappa shape index (κ1) is 28.3. The molecule has 11 rings (SSSR count). The molecule has 0 N–H and O–H groups in total. The minimum Gasteiger partial charge on any atom is -0.458 e. The predicted molar refractivity (Wildman–Crippen MR) is 213 cm³/mol. The van der Waals surface area contributed by atoms with Gasteiger partial charge in [-0.1, -0.05) is 158 Å². The van der Waals surface area contributed by atoms with E-state index in [4.69, 9.17) is 9.47 Å². The number of benzene rings is 9. The van der Waals surface area contributed by atoms with E-state index in [0.717, 1.165) is 50.5 Å². The summed E-state index contributed by atoms with van der Waals surface area (Å²) < 4.78 is 13.4. The molecule has 2 aliphatic rings. The zero-order valence-electron chi connectivity index (χ0n) is 27.6. The van der Waals surface area contributed by atoms with Gasteiger partial charge in [-0.2, -0.15) is 0 Å². The van der Waals surface area contributed by atoms with Crippen molar-refractivity contribution in [1.29, 1.82) is 0 Å². The Labute approximate surface area is 296 Å². The normalized spacial score (nSPS) is 12.6. The Morgan fingerprint density at radius 3 is 1.82 bits per heavy atom. The van der Waals surface area contributed by atoms with Crippen molar-refractivity contribution in [3.05, 3.63) is 176 Å². The molecule has 0 radical (unpaired) electrons. The molecule has 0 fully saturated rings. The Bertz CT molecular complexity index is 2870. The molecule has 2 aliphatic heterocycles. The SMILES string of the molecule is c1ccc(-c2c3ccccc3c(-c3ccccc3-c3cccc4c3Oc3cccc5c3B4c3ccccc3O5)c3ccc4ccccc4c23)cc1. The summed E-state index contributed by atoms with van der Waals surface area (Å²) in [6.45, 7) is 0.00944. The third kappa shape index (κ3) is 4.12. The van der Waals surface area contributed by atoms with E-state index < -0.39 is 0 Å². The smallest absolute Gasteiger partial charge is 0.260 e. The standard InChI is InChI=1S/C48H29BO2/c1-2-15-31(16-3-1)44-35-20-8-9-21-36(35)45(38-29-28-30-14-4-5-17-32(30)46(38)44)34-19-7-6-18-33(34)37-22-12-24-40-48(37)51-43-27-13-26-42-47(43)49(40)39-23-10-11-25-41(39)50-42/h1-29H. The molecule has 0 spiro atoms. The van der Waals surface area contributed by atoms with Crippen molar-refractivity contribution < 1.29 is 9.47 Å². The van der Waals surface area contributed by atoms with Crippen LogP contribution in [0.1, 0.15) is 0 Å². The first-order chi connectivity index (χ1) is 25.3.